The smallest absolute Gasteiger partial charge is 0.158 e. The van der Waals surface area contributed by atoms with Crippen LogP contribution < -0.4 is 0 Å². The summed E-state index contributed by atoms with van der Waals surface area (Å²) >= 11 is 0. The van der Waals surface area contributed by atoms with Crippen molar-refractivity contribution in [3.8, 4) is 0 Å². The van der Waals surface area contributed by atoms with Gasteiger partial charge in [-0.3, -0.25) is 14.4 Å². The van der Waals surface area contributed by atoms with Gasteiger partial charge in [-0.1, -0.05) is 0 Å². The fraction of sp³-hybridized carbons (Fsp3) is 0.625. The van der Waals surface area contributed by atoms with E-state index in [1.807, 2.05) is 0 Å². The van der Waals surface area contributed by atoms with Crippen LogP contribution >= 0.6 is 14.3 Å². The van der Waals surface area contributed by atoms with Crippen molar-refractivity contribution in [2.75, 3.05) is 40.0 Å². The first-order chi connectivity index (χ1) is 14.7. The second kappa shape index (κ2) is 24.0. The molecule has 0 aromatic carbocycles. The molecule has 0 amide bonds. The summed E-state index contributed by atoms with van der Waals surface area (Å²) in [6, 6.07) is 0. The van der Waals surface area contributed by atoms with Crippen LogP contribution in [-0.4, -0.2) is 72.7 Å². The first kappa shape index (κ1) is 47.8. The molecule has 0 saturated carbocycles. The summed E-state index contributed by atoms with van der Waals surface area (Å²) in [5.41, 5.74) is 1.31. The number of rotatable bonds is 3. The first-order valence-corrected chi connectivity index (χ1v) is 16.4. The van der Waals surface area contributed by atoms with Crippen LogP contribution in [0.25, 0.3) is 0 Å². The summed E-state index contributed by atoms with van der Waals surface area (Å²) in [5.74, 6) is 0.0903. The second-order valence-corrected chi connectivity index (χ2v) is 16.6. The van der Waals surface area contributed by atoms with Gasteiger partial charge in [-0.05, 0) is 102 Å². The third kappa shape index (κ3) is 60.3. The molecule has 0 fully saturated rings. The largest absolute Gasteiger partial charge is 0.512 e. The van der Waals surface area contributed by atoms with Gasteiger partial charge in [-0.2, -0.15) is 0 Å². The van der Waals surface area contributed by atoms with E-state index in [1.54, 1.807) is 60.8 Å². The molecule has 0 aliphatic heterocycles. The maximum atomic E-state index is 10.4. The fourth-order valence-electron chi connectivity index (χ4n) is 0.764. The zero-order chi connectivity index (χ0) is 29.2. The average molecular weight is 679 g/mol. The van der Waals surface area contributed by atoms with E-state index in [2.05, 4.69) is 0 Å². The first-order valence-electron chi connectivity index (χ1n) is 10.3. The topological polar surface area (TPSA) is 146 Å². The molecule has 0 unspecified atom stereocenters. The number of carbonyl (C=O) groups excluding carboxylic acids is 3. The molecule has 0 aliphatic carbocycles. The maximum Gasteiger partial charge on any atom is 0.158 e. The molecule has 209 valence electrons. The molecule has 0 saturated heterocycles. The Morgan fingerprint density at radius 1 is 0.429 bits per heavy atom. The molecule has 1 radical (unpaired) electrons. The van der Waals surface area contributed by atoms with Crippen molar-refractivity contribution in [1.82, 2.24) is 0 Å². The molecule has 0 heterocycles. The molecule has 0 spiro atoms. The van der Waals surface area contributed by atoms with Gasteiger partial charge < -0.3 is 24.4 Å². The Labute approximate surface area is 254 Å². The average Bonchev–Trinajstić information content (AvgIpc) is 2.57. The quantitative estimate of drug-likeness (QED) is 0.169. The molecule has 0 aliphatic rings. The number of hydrogen-bond donors (Lipinski definition) is 3. The summed E-state index contributed by atoms with van der Waals surface area (Å²) in [5, 5.41) is 26.0. The molecule has 0 aromatic rings. The van der Waals surface area contributed by atoms with Gasteiger partial charge in [0, 0.05) is 66.1 Å². The van der Waals surface area contributed by atoms with Gasteiger partial charge in [0.05, 0.1) is 31.6 Å². The zero-order valence-electron chi connectivity index (χ0n) is 24.2. The van der Waals surface area contributed by atoms with Crippen LogP contribution in [0.2, 0.25) is 0 Å². The number of ketones is 3. The van der Waals surface area contributed by atoms with Crippen LogP contribution in [0.4, 0.5) is 0 Å². The summed E-state index contributed by atoms with van der Waals surface area (Å²) in [7, 11) is -3.28. The minimum atomic E-state index is -1.64. The van der Waals surface area contributed by atoms with Crippen LogP contribution in [0.15, 0.2) is 34.0 Å². The van der Waals surface area contributed by atoms with Gasteiger partial charge >= 0.3 is 0 Å². The number of carbonyl (C=O) groups is 3. The van der Waals surface area contributed by atoms with Crippen molar-refractivity contribution in [3.63, 3.8) is 0 Å². The molecule has 0 aromatic heterocycles. The molecule has 0 bridgehead atoms. The maximum absolute atomic E-state index is 10.4. The minimum Gasteiger partial charge on any atom is -0.512 e. The Balaban J connectivity index is -0.0000000757. The summed E-state index contributed by atoms with van der Waals surface area (Å²) in [6.45, 7) is 24.0. The van der Waals surface area contributed by atoms with E-state index in [1.165, 1.54) is 41.5 Å². The second-order valence-electron chi connectivity index (χ2n) is 9.08. The number of allylic oxidation sites excluding steroid dienone is 6. The predicted octanol–water partition coefficient (Wildman–Crippen LogP) is 6.76. The molecule has 3 N–H and O–H groups in total. The third-order valence-electron chi connectivity index (χ3n) is 3.21. The van der Waals surface area contributed by atoms with Gasteiger partial charge in [-0.15, -0.1) is 0 Å². The van der Waals surface area contributed by atoms with Gasteiger partial charge in [0.25, 0.3) is 0 Å². The molecule has 0 atom stereocenters. The predicted molar refractivity (Wildman–Crippen MR) is 146 cm³/mol. The summed E-state index contributed by atoms with van der Waals surface area (Å²) in [4.78, 5) is 31.1. The Bertz CT molecular complexity index is 727. The Kier molecular flexibility index (Phi) is 32.8. The van der Waals surface area contributed by atoms with Crippen LogP contribution in [0, 0.1) is 49.4 Å². The molecule has 0 rings (SSSR count). The van der Waals surface area contributed by atoms with Gasteiger partial charge in [0.1, 0.15) is 0 Å². The van der Waals surface area contributed by atoms with Crippen molar-refractivity contribution in [2.45, 2.75) is 62.3 Å². The van der Waals surface area contributed by atoms with Crippen molar-refractivity contribution in [2.24, 2.45) is 0 Å². The van der Waals surface area contributed by atoms with Crippen LogP contribution in [0.1, 0.15) is 62.3 Å². The van der Waals surface area contributed by atoms with Crippen molar-refractivity contribution >= 4 is 31.6 Å². The normalized spacial score (nSPS) is 12.2. The van der Waals surface area contributed by atoms with E-state index in [-0.39, 0.29) is 84.0 Å². The van der Waals surface area contributed by atoms with E-state index in [9.17, 15) is 23.5 Å². The number of aliphatic hydroxyl groups excluding tert-OH is 3. The van der Waals surface area contributed by atoms with E-state index >= 15 is 0 Å². The van der Waals surface area contributed by atoms with Crippen LogP contribution in [-0.2, 0) is 23.5 Å². The Morgan fingerprint density at radius 3 is 0.514 bits per heavy atom. The van der Waals surface area contributed by atoms with E-state index in [0.717, 1.165) is 0 Å². The van der Waals surface area contributed by atoms with Gasteiger partial charge in [0.15, 0.2) is 17.3 Å². The van der Waals surface area contributed by atoms with Gasteiger partial charge in [-0.25, -0.2) is 0 Å². The van der Waals surface area contributed by atoms with Crippen molar-refractivity contribution in [3.05, 3.63) is 34.0 Å². The zero-order valence-corrected chi connectivity index (χ0v) is 28.4. The number of aliphatic hydroxyl groups is 3. The summed E-state index contributed by atoms with van der Waals surface area (Å²) < 4.78 is 20.4. The molecule has 8 nitrogen and oxygen atoms in total. The molecule has 35 heavy (non-hydrogen) atoms. The van der Waals surface area contributed by atoms with E-state index < -0.39 is 14.3 Å². The standard InChI is InChI=1S/3C6H10O2.2C3H9OP.Eu/c3*1-4(5(2)7)6(3)8;2*1-5(2,3)4;/h3*7H,1-3H3;2*1-3H3;/b3*5-4-;;;. The number of hydrogen-bond acceptors (Lipinski definition) is 8. The number of Topliss-reactive ketones (excluding diaryl/α,β-unsaturated/α-hetero) is 3. The minimum absolute atomic E-state index is 0. The molecular formula is C24H48EuO8P2. The van der Waals surface area contributed by atoms with Crippen molar-refractivity contribution < 1.29 is 88.2 Å². The van der Waals surface area contributed by atoms with E-state index in [0.29, 0.717) is 16.7 Å². The van der Waals surface area contributed by atoms with E-state index in [4.69, 9.17) is 15.3 Å². The Hall–Kier alpha value is -0.326. The third-order valence-corrected chi connectivity index (χ3v) is 3.21. The molecular weight excluding hydrogens is 630 g/mol. The Morgan fingerprint density at radius 2 is 0.514 bits per heavy atom. The van der Waals surface area contributed by atoms with Crippen LogP contribution in [0.5, 0.6) is 0 Å². The monoisotopic (exact) mass is 679 g/mol. The SMILES string of the molecule is CC(=O)/C(C)=C(/C)O.CC(=O)/C(C)=C(/C)O.CC(=O)/C(C)=C(/C)O.CP(C)(C)=O.CP(C)(C)=O.[Eu]. The van der Waals surface area contributed by atoms with Crippen LogP contribution in [0.3, 0.4) is 0 Å². The van der Waals surface area contributed by atoms with Gasteiger partial charge in [0.2, 0.25) is 0 Å². The molecule has 11 heteroatoms. The van der Waals surface area contributed by atoms with Crippen molar-refractivity contribution in [1.29, 1.82) is 0 Å². The summed E-state index contributed by atoms with van der Waals surface area (Å²) in [6.07, 6.45) is 0. The fourth-order valence-corrected chi connectivity index (χ4v) is 0.764.